The van der Waals surface area contributed by atoms with Crippen LogP contribution in [0.5, 0.6) is 0 Å². The first kappa shape index (κ1) is 7.98. The van der Waals surface area contributed by atoms with E-state index in [9.17, 15) is 5.11 Å². The van der Waals surface area contributed by atoms with E-state index in [0.717, 1.165) is 13.1 Å². The predicted octanol–water partition coefficient (Wildman–Crippen LogP) is -0.0819. The first-order valence-electron chi connectivity index (χ1n) is 3.70. The van der Waals surface area contributed by atoms with Gasteiger partial charge in [-0.15, -0.1) is 0 Å². The minimum absolute atomic E-state index is 0.244. The van der Waals surface area contributed by atoms with E-state index in [-0.39, 0.29) is 6.23 Å². The Morgan fingerprint density at radius 2 is 1.90 bits per heavy atom. The molecule has 0 amide bonds. The third kappa shape index (κ3) is 1.48. The van der Waals surface area contributed by atoms with Crippen molar-refractivity contribution >= 4 is 0 Å². The van der Waals surface area contributed by atoms with Crippen LogP contribution in [0.1, 0.15) is 13.3 Å². The maximum atomic E-state index is 9.37. The van der Waals surface area contributed by atoms with Gasteiger partial charge < -0.3 is 5.11 Å². The topological polar surface area (TPSA) is 26.7 Å². The Morgan fingerprint density at radius 3 is 2.40 bits per heavy atom. The summed E-state index contributed by atoms with van der Waals surface area (Å²) in [5.74, 6) is 0. The van der Waals surface area contributed by atoms with Gasteiger partial charge in [0.2, 0.25) is 0 Å². The zero-order valence-electron chi connectivity index (χ0n) is 6.91. The van der Waals surface area contributed by atoms with Gasteiger partial charge in [-0.2, -0.15) is 0 Å². The van der Waals surface area contributed by atoms with Crippen molar-refractivity contribution in [3.63, 3.8) is 0 Å². The van der Waals surface area contributed by atoms with Crippen LogP contribution < -0.4 is 0 Å². The summed E-state index contributed by atoms with van der Waals surface area (Å²) >= 11 is 0. The second kappa shape index (κ2) is 2.86. The van der Waals surface area contributed by atoms with E-state index in [4.69, 9.17) is 0 Å². The monoisotopic (exact) mass is 144 g/mol. The molecule has 0 saturated carbocycles. The van der Waals surface area contributed by atoms with Crippen LogP contribution in [-0.2, 0) is 0 Å². The highest BCUT2D eigenvalue weighted by atomic mass is 16.3. The van der Waals surface area contributed by atoms with Crippen LogP contribution in [-0.4, -0.2) is 47.9 Å². The molecule has 1 N–H and O–H groups in total. The average Bonchev–Trinajstić information content (AvgIpc) is 1.84. The van der Waals surface area contributed by atoms with E-state index in [1.54, 1.807) is 0 Å². The Balaban J connectivity index is 2.46. The molecule has 3 heteroatoms. The molecule has 0 radical (unpaired) electrons. The third-order valence-electron chi connectivity index (χ3n) is 2.26. The second-order valence-corrected chi connectivity index (χ2v) is 3.22. The van der Waals surface area contributed by atoms with Gasteiger partial charge in [0.25, 0.3) is 0 Å². The lowest BCUT2D eigenvalue weighted by Gasteiger charge is -2.39. The number of nitrogens with zero attached hydrogens (tertiary/aromatic N) is 2. The smallest absolute Gasteiger partial charge is 0.109 e. The Labute approximate surface area is 62.2 Å². The van der Waals surface area contributed by atoms with Gasteiger partial charge in [-0.05, 0) is 21.0 Å². The summed E-state index contributed by atoms with van der Waals surface area (Å²) < 4.78 is 0. The van der Waals surface area contributed by atoms with E-state index >= 15 is 0 Å². The van der Waals surface area contributed by atoms with Crippen molar-refractivity contribution in [2.75, 3.05) is 20.8 Å². The number of hydrogen-bond acceptors (Lipinski definition) is 3. The molecule has 0 aromatic carbocycles. The highest BCUT2D eigenvalue weighted by Gasteiger charge is 2.24. The molecule has 1 fully saturated rings. The maximum Gasteiger partial charge on any atom is 0.109 e. The molecule has 1 rings (SSSR count). The van der Waals surface area contributed by atoms with Gasteiger partial charge >= 0.3 is 0 Å². The molecule has 0 bridgehead atoms. The molecule has 1 heterocycles. The summed E-state index contributed by atoms with van der Waals surface area (Å²) in [4.78, 5) is 4.17. The molecule has 0 spiro atoms. The fourth-order valence-electron chi connectivity index (χ4n) is 1.25. The highest BCUT2D eigenvalue weighted by molar-refractivity contribution is 4.73. The fourth-order valence-corrected chi connectivity index (χ4v) is 1.25. The zero-order chi connectivity index (χ0) is 7.72. The summed E-state index contributed by atoms with van der Waals surface area (Å²) in [5, 5.41) is 9.37. The van der Waals surface area contributed by atoms with Gasteiger partial charge in [-0.25, -0.2) is 0 Å². The molecule has 2 atom stereocenters. The SMILES string of the molecule is CC1CC(O)N(C)CN1C. The summed E-state index contributed by atoms with van der Waals surface area (Å²) in [6.45, 7) is 3.00. The molecular weight excluding hydrogens is 128 g/mol. The predicted molar refractivity (Wildman–Crippen MR) is 40.5 cm³/mol. The van der Waals surface area contributed by atoms with Crippen molar-refractivity contribution in [1.82, 2.24) is 9.80 Å². The molecule has 1 aliphatic rings. The molecule has 0 aliphatic carbocycles. The normalized spacial score (nSPS) is 38.4. The van der Waals surface area contributed by atoms with Crippen molar-refractivity contribution < 1.29 is 5.11 Å². The van der Waals surface area contributed by atoms with Gasteiger partial charge in [0.05, 0.1) is 6.67 Å². The third-order valence-corrected chi connectivity index (χ3v) is 2.26. The Kier molecular flexibility index (Phi) is 2.28. The molecule has 3 nitrogen and oxygen atoms in total. The summed E-state index contributed by atoms with van der Waals surface area (Å²) in [5.41, 5.74) is 0. The molecule has 2 unspecified atom stereocenters. The lowest BCUT2D eigenvalue weighted by atomic mass is 10.1. The summed E-state index contributed by atoms with van der Waals surface area (Å²) in [7, 11) is 4.01. The molecule has 0 aromatic rings. The number of aliphatic hydroxyl groups is 1. The standard InChI is InChI=1S/C7H16N2O/c1-6-4-7(10)9(3)5-8(6)2/h6-7,10H,4-5H2,1-3H3. The maximum absolute atomic E-state index is 9.37. The quantitative estimate of drug-likeness (QED) is 0.515. The first-order valence-corrected chi connectivity index (χ1v) is 3.70. The minimum atomic E-state index is -0.244. The molecular formula is C7H16N2O. The lowest BCUT2D eigenvalue weighted by molar-refractivity contribution is -0.0703. The first-order chi connectivity index (χ1) is 4.61. The number of rotatable bonds is 0. The summed E-state index contributed by atoms with van der Waals surface area (Å²) in [6.07, 6.45) is 0.610. The van der Waals surface area contributed by atoms with Crippen molar-refractivity contribution in [2.24, 2.45) is 0 Å². The lowest BCUT2D eigenvalue weighted by Crippen LogP contribution is -2.50. The van der Waals surface area contributed by atoms with Crippen LogP contribution >= 0.6 is 0 Å². The van der Waals surface area contributed by atoms with Gasteiger partial charge in [0.15, 0.2) is 0 Å². The average molecular weight is 144 g/mol. The van der Waals surface area contributed by atoms with Gasteiger partial charge in [-0.1, -0.05) is 0 Å². The molecule has 1 aliphatic heterocycles. The van der Waals surface area contributed by atoms with Crippen LogP contribution in [0.3, 0.4) is 0 Å². The molecule has 0 aromatic heterocycles. The zero-order valence-corrected chi connectivity index (χ0v) is 6.91. The van der Waals surface area contributed by atoms with Gasteiger partial charge in [0.1, 0.15) is 6.23 Å². The van der Waals surface area contributed by atoms with Crippen molar-refractivity contribution in [3.05, 3.63) is 0 Å². The van der Waals surface area contributed by atoms with E-state index < -0.39 is 0 Å². The van der Waals surface area contributed by atoms with Crippen LogP contribution in [0.2, 0.25) is 0 Å². The fraction of sp³-hybridized carbons (Fsp3) is 1.00. The van der Waals surface area contributed by atoms with Gasteiger partial charge in [0, 0.05) is 12.5 Å². The van der Waals surface area contributed by atoms with E-state index in [1.165, 1.54) is 0 Å². The minimum Gasteiger partial charge on any atom is -0.378 e. The Bertz CT molecular complexity index is 92.2. The van der Waals surface area contributed by atoms with Crippen LogP contribution in [0.15, 0.2) is 0 Å². The molecule has 60 valence electrons. The van der Waals surface area contributed by atoms with Crippen LogP contribution in [0, 0.1) is 0 Å². The number of aliphatic hydroxyl groups excluding tert-OH is 1. The Morgan fingerprint density at radius 1 is 1.30 bits per heavy atom. The van der Waals surface area contributed by atoms with E-state index in [2.05, 4.69) is 18.9 Å². The van der Waals surface area contributed by atoms with Crippen molar-refractivity contribution in [2.45, 2.75) is 25.6 Å². The highest BCUT2D eigenvalue weighted by Crippen LogP contribution is 2.13. The summed E-state index contributed by atoms with van der Waals surface area (Å²) in [6, 6.07) is 0.506. The molecule has 10 heavy (non-hydrogen) atoms. The van der Waals surface area contributed by atoms with Gasteiger partial charge in [-0.3, -0.25) is 9.80 Å². The molecule has 1 saturated heterocycles. The van der Waals surface area contributed by atoms with Crippen LogP contribution in [0.4, 0.5) is 0 Å². The Hall–Kier alpha value is -0.120. The largest absolute Gasteiger partial charge is 0.378 e. The van der Waals surface area contributed by atoms with Crippen LogP contribution in [0.25, 0.3) is 0 Å². The van der Waals surface area contributed by atoms with Crippen molar-refractivity contribution in [1.29, 1.82) is 0 Å². The van der Waals surface area contributed by atoms with Crippen molar-refractivity contribution in [3.8, 4) is 0 Å². The van der Waals surface area contributed by atoms with E-state index in [0.29, 0.717) is 6.04 Å². The number of hydrogen-bond donors (Lipinski definition) is 1. The second-order valence-electron chi connectivity index (χ2n) is 3.22. The van der Waals surface area contributed by atoms with E-state index in [1.807, 2.05) is 11.9 Å².